The molecule has 0 aliphatic rings. The minimum atomic E-state index is -1.16. The van der Waals surface area contributed by atoms with Crippen LogP contribution in [0.25, 0.3) is 0 Å². The van der Waals surface area contributed by atoms with Crippen LogP contribution in [0.3, 0.4) is 0 Å². The maximum Gasteiger partial charge on any atom is 0.336 e. The summed E-state index contributed by atoms with van der Waals surface area (Å²) in [4.78, 5) is 22.4. The SMILES string of the molecule is CS(=O)CNC(=O)c1ccccc1C(=O)O. The predicted molar refractivity (Wildman–Crippen MR) is 59.8 cm³/mol. The predicted octanol–water partition coefficient (Wildman–Crippen LogP) is 0.451. The lowest BCUT2D eigenvalue weighted by Gasteiger charge is -2.05. The molecule has 0 fully saturated rings. The van der Waals surface area contributed by atoms with Gasteiger partial charge in [-0.2, -0.15) is 0 Å². The summed E-state index contributed by atoms with van der Waals surface area (Å²) in [5.41, 5.74) is 0.00216. The Bertz CT molecular complexity index is 444. The molecule has 2 N–H and O–H groups in total. The minimum absolute atomic E-state index is 0.00673. The molecule has 86 valence electrons. The monoisotopic (exact) mass is 241 g/mol. The summed E-state index contributed by atoms with van der Waals surface area (Å²) in [5, 5.41) is 11.2. The standard InChI is InChI=1S/C10H11NO4S/c1-16(15)6-11-9(12)7-4-2-3-5-8(7)10(13)14/h2-5H,6H2,1H3,(H,11,12)(H,13,14). The van der Waals surface area contributed by atoms with Crippen LogP contribution in [0.15, 0.2) is 24.3 Å². The van der Waals surface area contributed by atoms with E-state index in [1.165, 1.54) is 24.5 Å². The Hall–Kier alpha value is -1.69. The summed E-state index contributed by atoms with van der Waals surface area (Å²) < 4.78 is 10.8. The normalized spacial score (nSPS) is 11.8. The van der Waals surface area contributed by atoms with Crippen LogP contribution in [0, 0.1) is 0 Å². The first kappa shape index (κ1) is 12.4. The molecule has 1 atom stereocenters. The van der Waals surface area contributed by atoms with Gasteiger partial charge in [-0.1, -0.05) is 12.1 Å². The van der Waals surface area contributed by atoms with E-state index in [-0.39, 0.29) is 17.0 Å². The number of hydrogen-bond donors (Lipinski definition) is 2. The highest BCUT2D eigenvalue weighted by atomic mass is 32.2. The van der Waals surface area contributed by atoms with Crippen LogP contribution in [0.1, 0.15) is 20.7 Å². The van der Waals surface area contributed by atoms with Crippen LogP contribution in [-0.4, -0.2) is 33.3 Å². The molecular weight excluding hydrogens is 230 g/mol. The number of carboxylic acid groups (broad SMARTS) is 1. The molecule has 0 saturated heterocycles. The Balaban J connectivity index is 2.90. The van der Waals surface area contributed by atoms with E-state index in [0.717, 1.165) is 0 Å². The van der Waals surface area contributed by atoms with Crippen molar-refractivity contribution in [1.29, 1.82) is 0 Å². The van der Waals surface area contributed by atoms with Crippen LogP contribution in [-0.2, 0) is 10.8 Å². The van der Waals surface area contributed by atoms with Crippen molar-refractivity contribution in [2.45, 2.75) is 0 Å². The molecule has 0 radical (unpaired) electrons. The topological polar surface area (TPSA) is 83.5 Å². The number of carbonyl (C=O) groups excluding carboxylic acids is 1. The Kier molecular flexibility index (Phi) is 4.19. The smallest absolute Gasteiger partial charge is 0.336 e. The van der Waals surface area contributed by atoms with E-state index in [4.69, 9.17) is 5.11 Å². The molecule has 1 amide bonds. The van der Waals surface area contributed by atoms with Crippen LogP contribution in [0.2, 0.25) is 0 Å². The Morgan fingerprint density at radius 3 is 2.38 bits per heavy atom. The molecular formula is C10H11NO4S. The number of nitrogens with one attached hydrogen (secondary N) is 1. The first-order valence-electron chi connectivity index (χ1n) is 4.43. The zero-order chi connectivity index (χ0) is 12.1. The lowest BCUT2D eigenvalue weighted by Crippen LogP contribution is -2.28. The van der Waals surface area contributed by atoms with Crippen molar-refractivity contribution in [2.75, 3.05) is 12.1 Å². The summed E-state index contributed by atoms with van der Waals surface area (Å²) in [6, 6.07) is 5.87. The number of hydrogen-bond acceptors (Lipinski definition) is 3. The quantitative estimate of drug-likeness (QED) is 0.801. The van der Waals surface area contributed by atoms with Gasteiger partial charge in [0.15, 0.2) is 0 Å². The summed E-state index contributed by atoms with van der Waals surface area (Å²) in [6.07, 6.45) is 1.45. The Morgan fingerprint density at radius 2 is 1.88 bits per heavy atom. The molecule has 0 spiro atoms. The fourth-order valence-electron chi connectivity index (χ4n) is 1.13. The zero-order valence-electron chi connectivity index (χ0n) is 8.60. The number of benzene rings is 1. The third kappa shape index (κ3) is 3.16. The minimum Gasteiger partial charge on any atom is -0.478 e. The number of carbonyl (C=O) groups is 2. The highest BCUT2D eigenvalue weighted by Gasteiger charge is 2.15. The second kappa shape index (κ2) is 5.41. The number of amides is 1. The van der Waals surface area contributed by atoms with Gasteiger partial charge in [-0.15, -0.1) is 0 Å². The van der Waals surface area contributed by atoms with E-state index in [2.05, 4.69) is 5.32 Å². The number of rotatable bonds is 4. The number of carboxylic acids is 1. The third-order valence-corrected chi connectivity index (χ3v) is 2.39. The Labute approximate surface area is 94.9 Å². The van der Waals surface area contributed by atoms with Crippen molar-refractivity contribution >= 4 is 22.7 Å². The fourth-order valence-corrected chi connectivity index (χ4v) is 1.46. The Morgan fingerprint density at radius 1 is 1.31 bits per heavy atom. The van der Waals surface area contributed by atoms with E-state index in [1.807, 2.05) is 0 Å². The van der Waals surface area contributed by atoms with Crippen molar-refractivity contribution in [1.82, 2.24) is 5.32 Å². The molecule has 0 heterocycles. The molecule has 0 aliphatic heterocycles. The van der Waals surface area contributed by atoms with Crippen molar-refractivity contribution in [3.63, 3.8) is 0 Å². The highest BCUT2D eigenvalue weighted by Crippen LogP contribution is 2.08. The van der Waals surface area contributed by atoms with Gasteiger partial charge >= 0.3 is 5.97 Å². The molecule has 0 saturated carbocycles. The lowest BCUT2D eigenvalue weighted by molar-refractivity contribution is 0.0691. The molecule has 1 rings (SSSR count). The van der Waals surface area contributed by atoms with Crippen LogP contribution in [0.5, 0.6) is 0 Å². The van der Waals surface area contributed by atoms with Gasteiger partial charge in [0.1, 0.15) is 0 Å². The molecule has 0 bridgehead atoms. The van der Waals surface area contributed by atoms with Crippen LogP contribution >= 0.6 is 0 Å². The van der Waals surface area contributed by atoms with Gasteiger partial charge < -0.3 is 10.4 Å². The maximum atomic E-state index is 11.6. The second-order valence-electron chi connectivity index (χ2n) is 3.07. The first-order valence-corrected chi connectivity index (χ1v) is 6.15. The largest absolute Gasteiger partial charge is 0.478 e. The fraction of sp³-hybridized carbons (Fsp3) is 0.200. The van der Waals surface area contributed by atoms with Gasteiger partial charge in [0.05, 0.1) is 17.0 Å². The summed E-state index contributed by atoms with van der Waals surface area (Å²) >= 11 is 0. The summed E-state index contributed by atoms with van der Waals surface area (Å²) in [7, 11) is -1.16. The van der Waals surface area contributed by atoms with Crippen LogP contribution < -0.4 is 5.32 Å². The van der Waals surface area contributed by atoms with Gasteiger partial charge in [-0.05, 0) is 12.1 Å². The molecule has 0 aromatic heterocycles. The summed E-state index contributed by atoms with van der Waals surface area (Å²) in [6.45, 7) is 0. The average molecular weight is 241 g/mol. The third-order valence-electron chi connectivity index (χ3n) is 1.84. The van der Waals surface area contributed by atoms with Gasteiger partial charge in [-0.3, -0.25) is 9.00 Å². The first-order chi connectivity index (χ1) is 7.52. The van der Waals surface area contributed by atoms with Gasteiger partial charge in [-0.25, -0.2) is 4.79 Å². The molecule has 16 heavy (non-hydrogen) atoms. The molecule has 6 heteroatoms. The zero-order valence-corrected chi connectivity index (χ0v) is 9.41. The molecule has 1 unspecified atom stereocenters. The van der Waals surface area contributed by atoms with Crippen molar-refractivity contribution < 1.29 is 18.9 Å². The lowest BCUT2D eigenvalue weighted by atomic mass is 10.1. The molecule has 0 aliphatic carbocycles. The van der Waals surface area contributed by atoms with Gasteiger partial charge in [0, 0.05) is 17.1 Å². The van der Waals surface area contributed by atoms with E-state index >= 15 is 0 Å². The van der Waals surface area contributed by atoms with Gasteiger partial charge in [0.25, 0.3) is 5.91 Å². The van der Waals surface area contributed by atoms with Crippen molar-refractivity contribution in [3.8, 4) is 0 Å². The number of aromatic carboxylic acids is 1. The maximum absolute atomic E-state index is 11.6. The van der Waals surface area contributed by atoms with Crippen molar-refractivity contribution in [2.24, 2.45) is 0 Å². The van der Waals surface area contributed by atoms with E-state index < -0.39 is 22.7 Å². The van der Waals surface area contributed by atoms with Crippen molar-refractivity contribution in [3.05, 3.63) is 35.4 Å². The van der Waals surface area contributed by atoms with Gasteiger partial charge in [0.2, 0.25) is 0 Å². The highest BCUT2D eigenvalue weighted by molar-refractivity contribution is 7.84. The average Bonchev–Trinajstić information content (AvgIpc) is 2.25. The molecule has 1 aromatic carbocycles. The van der Waals surface area contributed by atoms with E-state index in [0.29, 0.717) is 0 Å². The molecule has 1 aromatic rings. The van der Waals surface area contributed by atoms with Crippen LogP contribution in [0.4, 0.5) is 0 Å². The summed E-state index contributed by atoms with van der Waals surface area (Å²) in [5.74, 6) is -1.69. The molecule has 5 nitrogen and oxygen atoms in total. The van der Waals surface area contributed by atoms with E-state index in [1.54, 1.807) is 6.07 Å². The van der Waals surface area contributed by atoms with E-state index in [9.17, 15) is 13.8 Å². The second-order valence-corrected chi connectivity index (χ2v) is 4.51.